The minimum atomic E-state index is -0.543. The van der Waals surface area contributed by atoms with Crippen molar-refractivity contribution >= 4 is 5.69 Å². The summed E-state index contributed by atoms with van der Waals surface area (Å²) >= 11 is 0. The molecule has 0 amide bonds. The van der Waals surface area contributed by atoms with Crippen molar-refractivity contribution < 1.29 is 9.84 Å². The minimum absolute atomic E-state index is 0.301. The van der Waals surface area contributed by atoms with Crippen molar-refractivity contribution in [2.75, 3.05) is 18.5 Å². The summed E-state index contributed by atoms with van der Waals surface area (Å²) in [6.45, 7) is 2.85. The Morgan fingerprint density at radius 3 is 2.28 bits per heavy atom. The van der Waals surface area contributed by atoms with E-state index in [-0.39, 0.29) is 0 Å². The highest BCUT2D eigenvalue weighted by molar-refractivity contribution is 5.45. The van der Waals surface area contributed by atoms with Crippen LogP contribution in [0.25, 0.3) is 0 Å². The number of anilines is 1. The molecule has 29 heavy (non-hydrogen) atoms. The van der Waals surface area contributed by atoms with E-state index in [0.29, 0.717) is 18.6 Å². The quantitative estimate of drug-likeness (QED) is 0.672. The highest BCUT2D eigenvalue weighted by atomic mass is 16.5. The van der Waals surface area contributed by atoms with E-state index in [1.54, 1.807) is 0 Å². The van der Waals surface area contributed by atoms with Crippen molar-refractivity contribution in [3.8, 4) is 5.75 Å². The average molecular weight is 392 g/mol. The monoisotopic (exact) mass is 391 g/mol. The first-order chi connectivity index (χ1) is 14.1. The lowest BCUT2D eigenvalue weighted by Crippen LogP contribution is -2.48. The predicted molar refractivity (Wildman–Crippen MR) is 117 cm³/mol. The standard InChI is InChI=1S/C26H33NO2/c1-18-3-2-4-23(9-18)27-16-24(28)17-29-25-7-5-22(6-8-25)26-13-19-10-20(14-26)12-21(11-19)15-26/h2-9,19-21,24,27-28H,10-17H2,1H3. The molecule has 4 bridgehead atoms. The molecular formula is C26H33NO2. The highest BCUT2D eigenvalue weighted by Crippen LogP contribution is 2.60. The number of hydrogen-bond donors (Lipinski definition) is 2. The number of aliphatic hydroxyl groups is 1. The second-order valence-corrected chi connectivity index (χ2v) is 9.94. The van der Waals surface area contributed by atoms with Gasteiger partial charge in [-0.25, -0.2) is 0 Å². The normalized spacial score (nSPS) is 30.9. The van der Waals surface area contributed by atoms with Crippen molar-refractivity contribution in [1.29, 1.82) is 0 Å². The van der Waals surface area contributed by atoms with Crippen molar-refractivity contribution in [3.05, 3.63) is 59.7 Å². The molecule has 0 aliphatic heterocycles. The van der Waals surface area contributed by atoms with E-state index in [4.69, 9.17) is 4.74 Å². The third-order valence-corrected chi connectivity index (χ3v) is 7.51. The van der Waals surface area contributed by atoms with E-state index >= 15 is 0 Å². The zero-order chi connectivity index (χ0) is 19.8. The van der Waals surface area contributed by atoms with Crippen molar-refractivity contribution in [2.45, 2.75) is 57.0 Å². The number of nitrogens with one attached hydrogen (secondary N) is 1. The largest absolute Gasteiger partial charge is 0.491 e. The fraction of sp³-hybridized carbons (Fsp3) is 0.538. The SMILES string of the molecule is Cc1cccc(NCC(O)COc2ccc(C34CC5CC(CC(C5)C3)C4)cc2)c1. The first-order valence-corrected chi connectivity index (χ1v) is 11.3. The molecule has 6 rings (SSSR count). The Bertz CT molecular complexity index is 809. The topological polar surface area (TPSA) is 41.5 Å². The molecule has 154 valence electrons. The Labute approximate surface area is 174 Å². The van der Waals surface area contributed by atoms with Crippen molar-refractivity contribution in [3.63, 3.8) is 0 Å². The Kier molecular flexibility index (Phi) is 5.03. The lowest BCUT2D eigenvalue weighted by molar-refractivity contribution is -0.00521. The van der Waals surface area contributed by atoms with E-state index < -0.39 is 6.10 Å². The summed E-state index contributed by atoms with van der Waals surface area (Å²) in [6, 6.07) is 17.0. The number of hydrogen-bond acceptors (Lipinski definition) is 3. The molecule has 4 saturated carbocycles. The fourth-order valence-corrected chi connectivity index (χ4v) is 6.61. The molecule has 0 radical (unpaired) electrons. The summed E-state index contributed by atoms with van der Waals surface area (Å²) < 4.78 is 5.86. The summed E-state index contributed by atoms with van der Waals surface area (Å²) in [5, 5.41) is 13.5. The maximum absolute atomic E-state index is 10.3. The van der Waals surface area contributed by atoms with Gasteiger partial charge in [0.05, 0.1) is 0 Å². The van der Waals surface area contributed by atoms with Crippen LogP contribution >= 0.6 is 0 Å². The van der Waals surface area contributed by atoms with Crippen LogP contribution in [0.2, 0.25) is 0 Å². The molecule has 2 aromatic carbocycles. The summed E-state index contributed by atoms with van der Waals surface area (Å²) in [5.41, 5.74) is 4.19. The van der Waals surface area contributed by atoms with Gasteiger partial charge in [-0.1, -0.05) is 24.3 Å². The first kappa shape index (κ1) is 19.0. The average Bonchev–Trinajstić information content (AvgIpc) is 2.70. The Balaban J connectivity index is 1.15. The highest BCUT2D eigenvalue weighted by Gasteiger charge is 2.51. The molecule has 3 nitrogen and oxygen atoms in total. The second kappa shape index (κ2) is 7.68. The van der Waals surface area contributed by atoms with Crippen LogP contribution in [-0.4, -0.2) is 24.4 Å². The molecule has 2 N–H and O–H groups in total. The summed E-state index contributed by atoms with van der Waals surface area (Å²) in [4.78, 5) is 0. The lowest BCUT2D eigenvalue weighted by atomic mass is 9.48. The maximum Gasteiger partial charge on any atom is 0.119 e. The third kappa shape index (κ3) is 4.02. The molecule has 0 heterocycles. The number of ether oxygens (including phenoxy) is 1. The molecule has 1 unspecified atom stereocenters. The molecule has 0 aromatic heterocycles. The summed E-state index contributed by atoms with van der Waals surface area (Å²) in [7, 11) is 0. The zero-order valence-corrected chi connectivity index (χ0v) is 17.4. The molecule has 2 aromatic rings. The summed E-state index contributed by atoms with van der Waals surface area (Å²) in [5.74, 6) is 3.75. The zero-order valence-electron chi connectivity index (χ0n) is 17.4. The molecule has 1 atom stereocenters. The van der Waals surface area contributed by atoms with Gasteiger partial charge in [-0.05, 0) is 104 Å². The van der Waals surface area contributed by atoms with Gasteiger partial charge in [0.25, 0.3) is 0 Å². The van der Waals surface area contributed by atoms with Gasteiger partial charge in [0.1, 0.15) is 18.5 Å². The van der Waals surface area contributed by atoms with E-state index in [2.05, 4.69) is 48.6 Å². The first-order valence-electron chi connectivity index (χ1n) is 11.3. The summed E-state index contributed by atoms with van der Waals surface area (Å²) in [6.07, 6.45) is 8.07. The molecular weight excluding hydrogens is 358 g/mol. The molecule has 0 spiro atoms. The van der Waals surface area contributed by atoms with Crippen LogP contribution in [0, 0.1) is 24.7 Å². The van der Waals surface area contributed by atoms with Crippen LogP contribution in [0.15, 0.2) is 48.5 Å². The van der Waals surface area contributed by atoms with Gasteiger partial charge >= 0.3 is 0 Å². The number of benzene rings is 2. The van der Waals surface area contributed by atoms with Crippen LogP contribution in [-0.2, 0) is 5.41 Å². The molecule has 3 heteroatoms. The predicted octanol–water partition coefficient (Wildman–Crippen LogP) is 5.31. The maximum atomic E-state index is 10.3. The van der Waals surface area contributed by atoms with Gasteiger partial charge in [-0.15, -0.1) is 0 Å². The number of aryl methyl sites for hydroxylation is 1. The molecule has 0 saturated heterocycles. The van der Waals surface area contributed by atoms with E-state index in [0.717, 1.165) is 29.2 Å². The van der Waals surface area contributed by atoms with E-state index in [1.165, 1.54) is 49.7 Å². The number of aliphatic hydroxyl groups excluding tert-OH is 1. The van der Waals surface area contributed by atoms with Crippen LogP contribution in [0.4, 0.5) is 5.69 Å². The van der Waals surface area contributed by atoms with Crippen molar-refractivity contribution in [1.82, 2.24) is 0 Å². The number of rotatable bonds is 7. The van der Waals surface area contributed by atoms with Crippen LogP contribution in [0.1, 0.15) is 49.7 Å². The van der Waals surface area contributed by atoms with E-state index in [9.17, 15) is 5.11 Å². The van der Waals surface area contributed by atoms with Crippen LogP contribution in [0.3, 0.4) is 0 Å². The van der Waals surface area contributed by atoms with Gasteiger partial charge in [-0.2, -0.15) is 0 Å². The van der Waals surface area contributed by atoms with Gasteiger partial charge in [0.15, 0.2) is 0 Å². The van der Waals surface area contributed by atoms with Gasteiger partial charge in [-0.3, -0.25) is 0 Å². The van der Waals surface area contributed by atoms with Crippen LogP contribution in [0.5, 0.6) is 5.75 Å². The Morgan fingerprint density at radius 2 is 1.66 bits per heavy atom. The van der Waals surface area contributed by atoms with Gasteiger partial charge < -0.3 is 15.2 Å². The smallest absolute Gasteiger partial charge is 0.119 e. The van der Waals surface area contributed by atoms with E-state index in [1.807, 2.05) is 12.1 Å². The Hall–Kier alpha value is -2.00. The van der Waals surface area contributed by atoms with Gasteiger partial charge in [0, 0.05) is 12.2 Å². The fourth-order valence-electron chi connectivity index (χ4n) is 6.61. The van der Waals surface area contributed by atoms with Gasteiger partial charge in [0.2, 0.25) is 0 Å². The molecule has 4 fully saturated rings. The second-order valence-electron chi connectivity index (χ2n) is 9.94. The van der Waals surface area contributed by atoms with Crippen molar-refractivity contribution in [2.24, 2.45) is 17.8 Å². The third-order valence-electron chi connectivity index (χ3n) is 7.51. The van der Waals surface area contributed by atoms with Crippen LogP contribution < -0.4 is 10.1 Å². The lowest BCUT2D eigenvalue weighted by Gasteiger charge is -2.57. The Morgan fingerprint density at radius 1 is 1.00 bits per heavy atom. The molecule has 4 aliphatic rings. The minimum Gasteiger partial charge on any atom is -0.491 e. The molecule has 4 aliphatic carbocycles.